The number of anilines is 1. The number of alkyl halides is 3. The van der Waals surface area contributed by atoms with Gasteiger partial charge in [-0.3, -0.25) is 0 Å². The molecule has 6 nitrogen and oxygen atoms in total. The van der Waals surface area contributed by atoms with Crippen molar-refractivity contribution in [3.05, 3.63) is 33.3 Å². The molecule has 0 fully saturated rings. The zero-order valence-electron chi connectivity index (χ0n) is 11.7. The minimum absolute atomic E-state index is 0.268. The number of benzene rings is 1. The number of halogens is 5. The summed E-state index contributed by atoms with van der Waals surface area (Å²) in [6.45, 7) is 0. The maximum absolute atomic E-state index is 12.8. The van der Waals surface area contributed by atoms with Crippen LogP contribution in [0.1, 0.15) is 11.1 Å². The van der Waals surface area contributed by atoms with Gasteiger partial charge in [-0.2, -0.15) is 23.5 Å². The zero-order chi connectivity index (χ0) is 18.4. The molecule has 0 spiro atoms. The van der Waals surface area contributed by atoms with Crippen LogP contribution in [-0.4, -0.2) is 24.5 Å². The van der Waals surface area contributed by atoms with Crippen LogP contribution in [0, 0.1) is 11.3 Å². The van der Waals surface area contributed by atoms with Crippen LogP contribution in [0.3, 0.4) is 0 Å². The molecule has 0 amide bonds. The fraction of sp³-hybridized carbons (Fsp3) is 0.167. The summed E-state index contributed by atoms with van der Waals surface area (Å²) in [7, 11) is -3.91. The number of rotatable bonds is 2. The van der Waals surface area contributed by atoms with E-state index in [0.717, 1.165) is 10.9 Å². The Kier molecular flexibility index (Phi) is 4.47. The lowest BCUT2D eigenvalue weighted by Gasteiger charge is -2.13. The molecule has 0 radical (unpaired) electrons. The average Bonchev–Trinajstić information content (AvgIpc) is 2.74. The summed E-state index contributed by atoms with van der Waals surface area (Å²) in [6.07, 6.45) is -3.88. The van der Waals surface area contributed by atoms with E-state index in [1.807, 2.05) is 0 Å². The summed E-state index contributed by atoms with van der Waals surface area (Å²) >= 11 is 11.7. The predicted octanol–water partition coefficient (Wildman–Crippen LogP) is 3.06. The first kappa shape index (κ1) is 18.4. The fourth-order valence-corrected chi connectivity index (χ4v) is 3.27. The highest BCUT2D eigenvalue weighted by atomic mass is 35.5. The molecule has 0 saturated carbocycles. The molecule has 0 aliphatic heterocycles. The lowest BCUT2D eigenvalue weighted by atomic mass is 10.2. The van der Waals surface area contributed by atoms with Gasteiger partial charge in [-0.25, -0.2) is 13.1 Å². The summed E-state index contributed by atoms with van der Waals surface area (Å²) in [5.74, 6) is -0.415. The van der Waals surface area contributed by atoms with Crippen LogP contribution < -0.4 is 5.73 Å². The fourth-order valence-electron chi connectivity index (χ4n) is 1.88. The Morgan fingerprint density at radius 1 is 1.29 bits per heavy atom. The molecule has 128 valence electrons. The third kappa shape index (κ3) is 3.15. The van der Waals surface area contributed by atoms with Crippen molar-refractivity contribution in [1.29, 1.82) is 5.26 Å². The van der Waals surface area contributed by atoms with Gasteiger partial charge < -0.3 is 5.73 Å². The summed E-state index contributed by atoms with van der Waals surface area (Å²) in [4.78, 5) is 0. The Morgan fingerprint density at radius 2 is 1.79 bits per heavy atom. The van der Waals surface area contributed by atoms with Gasteiger partial charge in [0, 0.05) is 6.26 Å². The molecule has 2 aromatic rings. The number of nitrogen functional groups attached to an aromatic ring is 1. The molecule has 0 saturated heterocycles. The summed E-state index contributed by atoms with van der Waals surface area (Å²) < 4.78 is 62.3. The number of hydrogen-bond acceptors (Lipinski definition) is 5. The van der Waals surface area contributed by atoms with Gasteiger partial charge in [0.2, 0.25) is 0 Å². The molecular formula is C12H7Cl2F3N4O2S. The molecule has 12 heteroatoms. The Labute approximate surface area is 144 Å². The Hall–Kier alpha value is -1.96. The van der Waals surface area contributed by atoms with E-state index >= 15 is 0 Å². The number of aromatic nitrogens is 2. The first-order chi connectivity index (χ1) is 10.9. The monoisotopic (exact) mass is 398 g/mol. The first-order valence-corrected chi connectivity index (χ1v) is 8.58. The maximum atomic E-state index is 12.8. The summed E-state index contributed by atoms with van der Waals surface area (Å²) in [6, 6.07) is 2.77. The SMILES string of the molecule is CS(=O)(=O)c1nn(-c2c(Cl)cc(C(F)(F)F)cc2Cl)c(N)c1C#N. The molecule has 0 atom stereocenters. The van der Waals surface area contributed by atoms with Crippen LogP contribution in [0.15, 0.2) is 17.2 Å². The van der Waals surface area contributed by atoms with Crippen molar-refractivity contribution in [3.63, 3.8) is 0 Å². The van der Waals surface area contributed by atoms with E-state index in [4.69, 9.17) is 34.2 Å². The van der Waals surface area contributed by atoms with Gasteiger partial charge >= 0.3 is 6.18 Å². The van der Waals surface area contributed by atoms with Crippen molar-refractivity contribution in [2.75, 3.05) is 12.0 Å². The lowest BCUT2D eigenvalue weighted by Crippen LogP contribution is -2.09. The topological polar surface area (TPSA) is 102 Å². The van der Waals surface area contributed by atoms with Crippen molar-refractivity contribution in [3.8, 4) is 11.8 Å². The molecule has 0 unspecified atom stereocenters. The van der Waals surface area contributed by atoms with Gasteiger partial charge in [0.1, 0.15) is 23.1 Å². The van der Waals surface area contributed by atoms with Crippen molar-refractivity contribution in [1.82, 2.24) is 9.78 Å². The highest BCUT2D eigenvalue weighted by Gasteiger charge is 2.33. The largest absolute Gasteiger partial charge is 0.416 e. The smallest absolute Gasteiger partial charge is 0.382 e. The number of nitrogens with zero attached hydrogens (tertiary/aromatic N) is 3. The minimum Gasteiger partial charge on any atom is -0.382 e. The van der Waals surface area contributed by atoms with E-state index in [-0.39, 0.29) is 5.69 Å². The van der Waals surface area contributed by atoms with Gasteiger partial charge in [-0.05, 0) is 12.1 Å². The average molecular weight is 399 g/mol. The van der Waals surface area contributed by atoms with Gasteiger partial charge in [-0.1, -0.05) is 23.2 Å². The summed E-state index contributed by atoms with van der Waals surface area (Å²) in [5, 5.41) is 11.2. The van der Waals surface area contributed by atoms with Crippen LogP contribution in [0.4, 0.5) is 19.0 Å². The highest BCUT2D eigenvalue weighted by molar-refractivity contribution is 7.90. The maximum Gasteiger partial charge on any atom is 0.416 e. The molecule has 1 aromatic heterocycles. The van der Waals surface area contributed by atoms with E-state index < -0.39 is 48.0 Å². The van der Waals surface area contributed by atoms with E-state index in [2.05, 4.69) is 5.10 Å². The van der Waals surface area contributed by atoms with Gasteiger partial charge in [0.15, 0.2) is 14.9 Å². The van der Waals surface area contributed by atoms with Crippen LogP contribution in [0.25, 0.3) is 5.69 Å². The second-order valence-electron chi connectivity index (χ2n) is 4.65. The third-order valence-electron chi connectivity index (χ3n) is 2.91. The van der Waals surface area contributed by atoms with Gasteiger partial charge in [-0.15, -0.1) is 0 Å². The molecule has 0 aliphatic carbocycles. The molecule has 24 heavy (non-hydrogen) atoms. The first-order valence-electron chi connectivity index (χ1n) is 5.93. The van der Waals surface area contributed by atoms with E-state index in [9.17, 15) is 21.6 Å². The molecule has 1 aromatic carbocycles. The highest BCUT2D eigenvalue weighted by Crippen LogP contribution is 2.38. The Morgan fingerprint density at radius 3 is 2.12 bits per heavy atom. The summed E-state index contributed by atoms with van der Waals surface area (Å²) in [5.41, 5.74) is 3.86. The third-order valence-corrected chi connectivity index (χ3v) is 4.47. The molecule has 2 rings (SSSR count). The number of sulfone groups is 1. The number of hydrogen-bond donors (Lipinski definition) is 1. The van der Waals surface area contributed by atoms with E-state index in [1.54, 1.807) is 6.07 Å². The number of nitrogens with two attached hydrogens (primary N) is 1. The second-order valence-corrected chi connectivity index (χ2v) is 7.39. The van der Waals surface area contributed by atoms with Crippen LogP contribution in [0.2, 0.25) is 10.0 Å². The van der Waals surface area contributed by atoms with Gasteiger partial charge in [0.25, 0.3) is 0 Å². The lowest BCUT2D eigenvalue weighted by molar-refractivity contribution is -0.137. The van der Waals surface area contributed by atoms with Crippen LogP contribution in [0.5, 0.6) is 0 Å². The second kappa shape index (κ2) is 5.84. The van der Waals surface area contributed by atoms with E-state index in [0.29, 0.717) is 12.1 Å². The Bertz CT molecular complexity index is 954. The molecule has 0 aliphatic rings. The quantitative estimate of drug-likeness (QED) is 0.837. The molecule has 2 N–H and O–H groups in total. The molecular weight excluding hydrogens is 392 g/mol. The van der Waals surface area contributed by atoms with Gasteiger partial charge in [0.05, 0.1) is 15.6 Å². The Balaban J connectivity index is 2.80. The minimum atomic E-state index is -4.68. The van der Waals surface area contributed by atoms with Crippen molar-refractivity contribution < 1.29 is 21.6 Å². The van der Waals surface area contributed by atoms with Crippen LogP contribution >= 0.6 is 23.2 Å². The molecule has 0 bridgehead atoms. The van der Waals surface area contributed by atoms with Crippen molar-refractivity contribution in [2.24, 2.45) is 0 Å². The van der Waals surface area contributed by atoms with Crippen LogP contribution in [-0.2, 0) is 16.0 Å². The molecule has 1 heterocycles. The normalized spacial score (nSPS) is 12.2. The van der Waals surface area contributed by atoms with E-state index in [1.165, 1.54) is 0 Å². The zero-order valence-corrected chi connectivity index (χ0v) is 14.0. The predicted molar refractivity (Wildman–Crippen MR) is 80.8 cm³/mol. The van der Waals surface area contributed by atoms with Crippen molar-refractivity contribution in [2.45, 2.75) is 11.2 Å². The standard InChI is InChI=1S/C12H7Cl2F3N4O2S/c1-24(22,23)11-6(4-18)10(19)21(20-11)9-7(13)2-5(3-8(9)14)12(15,16)17/h2-3H,19H2,1H3. The number of nitriles is 1. The van der Waals surface area contributed by atoms with Crippen molar-refractivity contribution >= 4 is 38.9 Å².